The Morgan fingerprint density at radius 2 is 2.06 bits per heavy atom. The number of allylic oxidation sites excluding steroid dienone is 1. The lowest BCUT2D eigenvalue weighted by atomic mass is 10.1. The van der Waals surface area contributed by atoms with Crippen LogP contribution >= 0.6 is 0 Å². The van der Waals surface area contributed by atoms with Crippen molar-refractivity contribution >= 4 is 35.3 Å². The lowest BCUT2D eigenvalue weighted by molar-refractivity contribution is -0.111. The Morgan fingerprint density at radius 3 is 2.76 bits per heavy atom. The fourth-order valence-electron chi connectivity index (χ4n) is 2.90. The van der Waals surface area contributed by atoms with E-state index in [-0.39, 0.29) is 17.5 Å². The molecular weight excluding hydrogens is 439 g/mol. The molecule has 0 bridgehead atoms. The molecule has 0 aliphatic rings. The molecule has 2 heterocycles. The number of aliphatic imine (C=N–C) groups is 1. The molecule has 0 radical (unpaired) electrons. The van der Waals surface area contributed by atoms with Gasteiger partial charge >= 0.3 is 0 Å². The molecule has 174 valence electrons. The van der Waals surface area contributed by atoms with Gasteiger partial charge in [-0.2, -0.15) is 4.98 Å². The van der Waals surface area contributed by atoms with Gasteiger partial charge in [-0.3, -0.25) is 9.79 Å². The highest BCUT2D eigenvalue weighted by atomic mass is 19.1. The quantitative estimate of drug-likeness (QED) is 0.280. The Bertz CT molecular complexity index is 1260. The van der Waals surface area contributed by atoms with Crippen molar-refractivity contribution in [3.63, 3.8) is 0 Å². The molecule has 0 aliphatic heterocycles. The first-order valence-corrected chi connectivity index (χ1v) is 9.96. The first kappa shape index (κ1) is 23.9. The van der Waals surface area contributed by atoms with Gasteiger partial charge in [-0.1, -0.05) is 6.58 Å². The predicted molar refractivity (Wildman–Crippen MR) is 131 cm³/mol. The fourth-order valence-corrected chi connectivity index (χ4v) is 2.90. The van der Waals surface area contributed by atoms with Crippen molar-refractivity contribution in [2.24, 2.45) is 10.7 Å². The van der Waals surface area contributed by atoms with Gasteiger partial charge in [0.2, 0.25) is 17.7 Å². The van der Waals surface area contributed by atoms with Crippen LogP contribution < -0.4 is 26.4 Å². The van der Waals surface area contributed by atoms with Crippen LogP contribution in [0.15, 0.2) is 72.3 Å². The van der Waals surface area contributed by atoms with Crippen LogP contribution in [0.3, 0.4) is 0 Å². The smallest absolute Gasteiger partial charge is 0.247 e. The number of nitrogens with two attached hydrogens (primary N) is 1. The average molecular weight is 462 g/mol. The number of amides is 1. The maximum absolute atomic E-state index is 14.7. The van der Waals surface area contributed by atoms with E-state index in [1.165, 1.54) is 43.9 Å². The van der Waals surface area contributed by atoms with Gasteiger partial charge in [0, 0.05) is 48.7 Å². The van der Waals surface area contributed by atoms with E-state index in [4.69, 9.17) is 10.5 Å². The van der Waals surface area contributed by atoms with Crippen molar-refractivity contribution < 1.29 is 13.9 Å². The Labute approximate surface area is 195 Å². The van der Waals surface area contributed by atoms with Gasteiger partial charge in [0.15, 0.2) is 0 Å². The lowest BCUT2D eigenvalue weighted by Gasteiger charge is -2.15. The largest absolute Gasteiger partial charge is 0.481 e. The summed E-state index contributed by atoms with van der Waals surface area (Å²) >= 11 is 0. The van der Waals surface area contributed by atoms with E-state index in [1.54, 1.807) is 25.4 Å². The Hall–Kier alpha value is -4.80. The van der Waals surface area contributed by atoms with Gasteiger partial charge in [0.25, 0.3) is 0 Å². The summed E-state index contributed by atoms with van der Waals surface area (Å²) < 4.78 is 20.0. The topological polar surface area (TPSA) is 139 Å². The molecule has 34 heavy (non-hydrogen) atoms. The minimum Gasteiger partial charge on any atom is -0.481 e. The highest BCUT2D eigenvalue weighted by Crippen LogP contribution is 2.35. The summed E-state index contributed by atoms with van der Waals surface area (Å²) in [5, 5.41) is 8.51. The van der Waals surface area contributed by atoms with Crippen LogP contribution in [0.2, 0.25) is 0 Å². The normalized spacial score (nSPS) is 11.2. The second-order valence-electron chi connectivity index (χ2n) is 6.66. The zero-order chi connectivity index (χ0) is 24.5. The molecule has 3 aromatic rings. The van der Waals surface area contributed by atoms with E-state index >= 15 is 0 Å². The van der Waals surface area contributed by atoms with E-state index in [0.29, 0.717) is 28.4 Å². The van der Waals surface area contributed by atoms with Crippen LogP contribution in [0, 0.1) is 5.82 Å². The van der Waals surface area contributed by atoms with Gasteiger partial charge in [-0.05, 0) is 36.4 Å². The van der Waals surface area contributed by atoms with E-state index in [1.807, 2.05) is 0 Å². The first-order valence-electron chi connectivity index (χ1n) is 9.96. The zero-order valence-corrected chi connectivity index (χ0v) is 18.5. The Balaban J connectivity index is 2.09. The SMILES string of the molecule is C=CC(=O)Nc1ccc(F)c(Nc2nc(N/C(C=NC)=C/N)ncc2-c2cccnc2OC)c1. The third kappa shape index (κ3) is 5.71. The Kier molecular flexibility index (Phi) is 7.84. The minimum atomic E-state index is -0.561. The molecule has 10 nitrogen and oxygen atoms in total. The lowest BCUT2D eigenvalue weighted by Crippen LogP contribution is -2.10. The molecule has 3 rings (SSSR count). The molecule has 1 aromatic carbocycles. The summed E-state index contributed by atoms with van der Waals surface area (Å²) in [5.41, 5.74) is 7.59. The second kappa shape index (κ2) is 11.2. The van der Waals surface area contributed by atoms with Crippen LogP contribution in [0.4, 0.5) is 27.5 Å². The summed E-state index contributed by atoms with van der Waals surface area (Å²) in [6, 6.07) is 7.59. The number of hydrogen-bond donors (Lipinski definition) is 4. The summed E-state index contributed by atoms with van der Waals surface area (Å²) in [4.78, 5) is 28.6. The second-order valence-corrected chi connectivity index (χ2v) is 6.66. The molecule has 0 spiro atoms. The number of ether oxygens (including phenoxy) is 1. The van der Waals surface area contributed by atoms with E-state index < -0.39 is 11.7 Å². The number of methoxy groups -OCH3 is 1. The van der Waals surface area contributed by atoms with Gasteiger partial charge in [0.1, 0.15) is 11.6 Å². The van der Waals surface area contributed by atoms with Crippen molar-refractivity contribution in [2.75, 3.05) is 30.1 Å². The molecule has 0 saturated carbocycles. The van der Waals surface area contributed by atoms with Crippen molar-refractivity contribution in [2.45, 2.75) is 0 Å². The monoisotopic (exact) mass is 462 g/mol. The van der Waals surface area contributed by atoms with Gasteiger partial charge < -0.3 is 26.4 Å². The third-order valence-corrected chi connectivity index (χ3v) is 4.42. The molecular formula is C23H23FN8O2. The highest BCUT2D eigenvalue weighted by molar-refractivity contribution is 5.99. The molecule has 11 heteroatoms. The van der Waals surface area contributed by atoms with E-state index in [2.05, 4.69) is 42.5 Å². The van der Waals surface area contributed by atoms with Crippen LogP contribution in [0.25, 0.3) is 11.1 Å². The van der Waals surface area contributed by atoms with Crippen LogP contribution in [0.1, 0.15) is 0 Å². The van der Waals surface area contributed by atoms with Crippen LogP contribution in [-0.2, 0) is 4.79 Å². The number of benzene rings is 1. The summed E-state index contributed by atoms with van der Waals surface area (Å²) in [5.74, 6) is -0.218. The third-order valence-electron chi connectivity index (χ3n) is 4.42. The first-order chi connectivity index (χ1) is 16.5. The minimum absolute atomic E-state index is 0.0698. The number of carbonyl (C=O) groups excluding carboxylic acids is 1. The number of anilines is 4. The molecule has 0 fully saturated rings. The number of nitrogens with one attached hydrogen (secondary N) is 3. The van der Waals surface area contributed by atoms with Crippen LogP contribution in [-0.4, -0.2) is 41.2 Å². The number of rotatable bonds is 9. The molecule has 5 N–H and O–H groups in total. The van der Waals surface area contributed by atoms with E-state index in [9.17, 15) is 9.18 Å². The van der Waals surface area contributed by atoms with Gasteiger partial charge in [-0.25, -0.2) is 14.4 Å². The summed E-state index contributed by atoms with van der Waals surface area (Å²) in [6.07, 6.45) is 7.05. The van der Waals surface area contributed by atoms with Crippen molar-refractivity contribution in [1.82, 2.24) is 15.0 Å². The zero-order valence-electron chi connectivity index (χ0n) is 18.5. The molecule has 0 aliphatic carbocycles. The summed E-state index contributed by atoms with van der Waals surface area (Å²) in [7, 11) is 3.08. The number of aromatic nitrogens is 3. The molecule has 1 amide bonds. The van der Waals surface area contributed by atoms with Gasteiger partial charge in [-0.15, -0.1) is 0 Å². The number of pyridine rings is 1. The Morgan fingerprint density at radius 1 is 1.24 bits per heavy atom. The maximum atomic E-state index is 14.7. The molecule has 0 saturated heterocycles. The fraction of sp³-hybridized carbons (Fsp3) is 0.0870. The number of carbonyl (C=O) groups is 1. The van der Waals surface area contributed by atoms with E-state index in [0.717, 1.165) is 6.08 Å². The number of nitrogens with zero attached hydrogens (tertiary/aromatic N) is 4. The standard InChI is InChI=1S/C23H23FN8O2/c1-4-20(33)29-14-7-8-18(24)19(10-14)31-21-17(16-6-5-9-27-22(16)34-3)13-28-23(32-21)30-15(11-25)12-26-2/h4-13H,1,25H2,2-3H3,(H,29,33)(H2,28,30,31,32)/b15-11+,26-12?. The average Bonchev–Trinajstić information content (AvgIpc) is 2.85. The van der Waals surface area contributed by atoms with Crippen molar-refractivity contribution in [3.05, 3.63) is 73.1 Å². The van der Waals surface area contributed by atoms with Gasteiger partial charge in [0.05, 0.1) is 18.5 Å². The number of halogens is 1. The molecule has 2 aromatic heterocycles. The maximum Gasteiger partial charge on any atom is 0.247 e. The molecule has 0 atom stereocenters. The van der Waals surface area contributed by atoms with Crippen molar-refractivity contribution in [1.29, 1.82) is 0 Å². The van der Waals surface area contributed by atoms with Crippen molar-refractivity contribution in [3.8, 4) is 17.0 Å². The highest BCUT2D eigenvalue weighted by Gasteiger charge is 2.17. The predicted octanol–water partition coefficient (Wildman–Crippen LogP) is 3.47. The van der Waals surface area contributed by atoms with Crippen LogP contribution in [0.5, 0.6) is 5.88 Å². The molecule has 0 unspecified atom stereocenters. The summed E-state index contributed by atoms with van der Waals surface area (Å²) in [6.45, 7) is 3.41. The number of hydrogen-bond acceptors (Lipinski definition) is 9.